The van der Waals surface area contributed by atoms with Crippen LogP contribution in [-0.4, -0.2) is 65.8 Å². The molecule has 2 atom stereocenters. The first-order chi connectivity index (χ1) is 12.2. The predicted octanol–water partition coefficient (Wildman–Crippen LogP) is 1.49. The molecule has 6 heteroatoms. The molecule has 1 aromatic heterocycles. The number of furan rings is 1. The van der Waals surface area contributed by atoms with E-state index >= 15 is 0 Å². The van der Waals surface area contributed by atoms with Crippen LogP contribution in [0.2, 0.25) is 0 Å². The molecule has 3 heterocycles. The molecule has 1 amide bonds. The molecule has 2 saturated heterocycles. The summed E-state index contributed by atoms with van der Waals surface area (Å²) in [6.07, 6.45) is 6.42. The summed E-state index contributed by atoms with van der Waals surface area (Å²) in [4.78, 5) is 17.7. The van der Waals surface area contributed by atoms with Crippen molar-refractivity contribution in [1.82, 2.24) is 9.80 Å². The van der Waals surface area contributed by atoms with Crippen molar-refractivity contribution in [3.63, 3.8) is 0 Å². The fraction of sp³-hybridized carbons (Fsp3) is 0.737. The van der Waals surface area contributed by atoms with Crippen molar-refractivity contribution in [2.45, 2.75) is 44.4 Å². The standard InChI is InChI=1S/C19H28N2O4/c22-18-3-1-16(2-4-18)19(23)21-9-15-8-20(7-14-5-6-24-11-14)10-17(21)13-25-12-15/h5-6,11,15-18,22H,1-4,7-10,12-13H2/t15-,16?,17-,18?/m0/s1. The lowest BCUT2D eigenvalue weighted by Gasteiger charge is -2.35. The van der Waals surface area contributed by atoms with E-state index in [2.05, 4.69) is 9.80 Å². The van der Waals surface area contributed by atoms with Gasteiger partial charge in [0.05, 0.1) is 37.9 Å². The smallest absolute Gasteiger partial charge is 0.226 e. The second-order valence-corrected chi connectivity index (χ2v) is 7.88. The van der Waals surface area contributed by atoms with Gasteiger partial charge in [0.15, 0.2) is 0 Å². The third kappa shape index (κ3) is 3.91. The molecule has 1 aromatic rings. The van der Waals surface area contributed by atoms with Crippen molar-refractivity contribution in [2.24, 2.45) is 11.8 Å². The first-order valence-electron chi connectivity index (χ1n) is 9.48. The van der Waals surface area contributed by atoms with Crippen molar-refractivity contribution in [1.29, 1.82) is 0 Å². The van der Waals surface area contributed by atoms with Gasteiger partial charge in [0, 0.05) is 43.6 Å². The number of aliphatic hydroxyl groups excluding tert-OH is 1. The molecular formula is C19H28N2O4. The molecule has 1 N–H and O–H groups in total. The molecule has 6 nitrogen and oxygen atoms in total. The highest BCUT2D eigenvalue weighted by Gasteiger charge is 2.38. The minimum Gasteiger partial charge on any atom is -0.472 e. The number of hydrogen-bond donors (Lipinski definition) is 1. The Kier molecular flexibility index (Phi) is 5.10. The maximum absolute atomic E-state index is 13.1. The molecule has 1 aliphatic carbocycles. The van der Waals surface area contributed by atoms with Crippen LogP contribution in [0.4, 0.5) is 0 Å². The molecule has 3 fully saturated rings. The van der Waals surface area contributed by atoms with Gasteiger partial charge >= 0.3 is 0 Å². The lowest BCUT2D eigenvalue weighted by Crippen LogP contribution is -2.49. The Hall–Kier alpha value is -1.37. The van der Waals surface area contributed by atoms with E-state index in [0.29, 0.717) is 12.5 Å². The zero-order chi connectivity index (χ0) is 17.2. The van der Waals surface area contributed by atoms with Crippen LogP contribution in [0.5, 0.6) is 0 Å². The Morgan fingerprint density at radius 3 is 2.76 bits per heavy atom. The summed E-state index contributed by atoms with van der Waals surface area (Å²) in [5.74, 6) is 0.708. The van der Waals surface area contributed by atoms with E-state index in [4.69, 9.17) is 9.15 Å². The van der Waals surface area contributed by atoms with Crippen LogP contribution < -0.4 is 0 Å². The normalized spacial score (nSPS) is 33.9. The third-order valence-electron chi connectivity index (χ3n) is 5.86. The average Bonchev–Trinajstić information content (AvgIpc) is 2.94. The number of carbonyl (C=O) groups is 1. The molecule has 2 bridgehead atoms. The Balaban J connectivity index is 1.45. The fourth-order valence-electron chi connectivity index (χ4n) is 4.54. The quantitative estimate of drug-likeness (QED) is 0.896. The van der Waals surface area contributed by atoms with Gasteiger partial charge in [0.25, 0.3) is 0 Å². The molecule has 0 spiro atoms. The van der Waals surface area contributed by atoms with Gasteiger partial charge in [-0.3, -0.25) is 9.69 Å². The number of fused-ring (bicyclic) bond motifs is 3. The van der Waals surface area contributed by atoms with Crippen molar-refractivity contribution in [2.75, 3.05) is 32.8 Å². The maximum Gasteiger partial charge on any atom is 0.226 e. The average molecular weight is 348 g/mol. The van der Waals surface area contributed by atoms with Crippen LogP contribution in [0.25, 0.3) is 0 Å². The van der Waals surface area contributed by atoms with Crippen LogP contribution in [0.1, 0.15) is 31.2 Å². The van der Waals surface area contributed by atoms with Gasteiger partial charge in [-0.05, 0) is 31.7 Å². The van der Waals surface area contributed by atoms with Crippen molar-refractivity contribution < 1.29 is 19.1 Å². The number of amides is 1. The van der Waals surface area contributed by atoms with E-state index in [0.717, 1.165) is 58.5 Å². The number of carbonyl (C=O) groups excluding carboxylic acids is 1. The molecule has 25 heavy (non-hydrogen) atoms. The molecule has 1 saturated carbocycles. The molecule has 0 aromatic carbocycles. The van der Waals surface area contributed by atoms with Crippen LogP contribution >= 0.6 is 0 Å². The predicted molar refractivity (Wildman–Crippen MR) is 91.8 cm³/mol. The summed E-state index contributed by atoms with van der Waals surface area (Å²) >= 11 is 0. The van der Waals surface area contributed by atoms with E-state index in [1.54, 1.807) is 12.5 Å². The topological polar surface area (TPSA) is 66.2 Å². The summed E-state index contributed by atoms with van der Waals surface area (Å²) in [7, 11) is 0. The van der Waals surface area contributed by atoms with Gasteiger partial charge in [0.1, 0.15) is 0 Å². The van der Waals surface area contributed by atoms with E-state index in [1.165, 1.54) is 5.56 Å². The van der Waals surface area contributed by atoms with Gasteiger partial charge < -0.3 is 19.2 Å². The summed E-state index contributed by atoms with van der Waals surface area (Å²) < 4.78 is 11.0. The van der Waals surface area contributed by atoms with Crippen molar-refractivity contribution in [3.05, 3.63) is 24.2 Å². The highest BCUT2D eigenvalue weighted by atomic mass is 16.5. The summed E-state index contributed by atoms with van der Waals surface area (Å²) in [6, 6.07) is 2.13. The third-order valence-corrected chi connectivity index (χ3v) is 5.86. The van der Waals surface area contributed by atoms with Gasteiger partial charge in [-0.1, -0.05) is 0 Å². The number of aliphatic hydroxyl groups is 1. The molecule has 0 unspecified atom stereocenters. The monoisotopic (exact) mass is 348 g/mol. The molecule has 138 valence electrons. The van der Waals surface area contributed by atoms with Gasteiger partial charge in [-0.2, -0.15) is 0 Å². The van der Waals surface area contributed by atoms with E-state index in [1.807, 2.05) is 6.07 Å². The van der Waals surface area contributed by atoms with Crippen LogP contribution in [0.15, 0.2) is 23.0 Å². The lowest BCUT2D eigenvalue weighted by molar-refractivity contribution is -0.140. The number of rotatable bonds is 3. The summed E-state index contributed by atoms with van der Waals surface area (Å²) in [5.41, 5.74) is 1.18. The van der Waals surface area contributed by atoms with E-state index in [9.17, 15) is 9.90 Å². The largest absolute Gasteiger partial charge is 0.472 e. The molecular weight excluding hydrogens is 320 g/mol. The lowest BCUT2D eigenvalue weighted by atomic mass is 9.86. The van der Waals surface area contributed by atoms with Gasteiger partial charge in [-0.25, -0.2) is 0 Å². The number of ether oxygens (including phenoxy) is 1. The van der Waals surface area contributed by atoms with E-state index in [-0.39, 0.29) is 24.0 Å². The first-order valence-corrected chi connectivity index (χ1v) is 9.48. The van der Waals surface area contributed by atoms with Gasteiger partial charge in [-0.15, -0.1) is 0 Å². The molecule has 0 radical (unpaired) electrons. The number of nitrogens with zero attached hydrogens (tertiary/aromatic N) is 2. The van der Waals surface area contributed by atoms with Crippen LogP contribution in [0, 0.1) is 11.8 Å². The fourth-order valence-corrected chi connectivity index (χ4v) is 4.54. The second-order valence-electron chi connectivity index (χ2n) is 7.88. The molecule has 2 aliphatic heterocycles. The Labute approximate surface area is 148 Å². The Morgan fingerprint density at radius 2 is 2.00 bits per heavy atom. The Bertz CT molecular complexity index is 568. The first kappa shape index (κ1) is 17.1. The van der Waals surface area contributed by atoms with Crippen LogP contribution in [-0.2, 0) is 16.1 Å². The Morgan fingerprint density at radius 1 is 1.16 bits per heavy atom. The van der Waals surface area contributed by atoms with Crippen molar-refractivity contribution in [3.8, 4) is 0 Å². The second kappa shape index (κ2) is 7.48. The van der Waals surface area contributed by atoms with Crippen LogP contribution in [0.3, 0.4) is 0 Å². The summed E-state index contributed by atoms with van der Waals surface area (Å²) in [5, 5.41) is 9.71. The SMILES string of the molecule is O=C(C1CCC(O)CC1)N1C[C@H]2COC[C@@H]1CN(Cc1ccoc1)C2. The maximum atomic E-state index is 13.1. The summed E-state index contributed by atoms with van der Waals surface area (Å²) in [6.45, 7) is 4.81. The number of hydrogen-bond acceptors (Lipinski definition) is 5. The zero-order valence-corrected chi connectivity index (χ0v) is 14.7. The molecule has 4 rings (SSSR count). The minimum absolute atomic E-state index is 0.0741. The highest BCUT2D eigenvalue weighted by molar-refractivity contribution is 5.79. The minimum atomic E-state index is -0.221. The van der Waals surface area contributed by atoms with Crippen molar-refractivity contribution >= 4 is 5.91 Å². The zero-order valence-electron chi connectivity index (χ0n) is 14.7. The highest BCUT2D eigenvalue weighted by Crippen LogP contribution is 2.29. The van der Waals surface area contributed by atoms with E-state index < -0.39 is 0 Å². The molecule has 3 aliphatic rings. The van der Waals surface area contributed by atoms with Gasteiger partial charge in [0.2, 0.25) is 5.91 Å².